The molecule has 0 bridgehead atoms. The zero-order chi connectivity index (χ0) is 17.8. The van der Waals surface area contributed by atoms with Crippen molar-refractivity contribution in [2.24, 2.45) is 0 Å². The van der Waals surface area contributed by atoms with Crippen molar-refractivity contribution in [1.82, 2.24) is 14.2 Å². The van der Waals surface area contributed by atoms with E-state index in [0.29, 0.717) is 18.7 Å². The molecule has 0 amide bonds. The lowest BCUT2D eigenvalue weighted by atomic mass is 10.1. The smallest absolute Gasteiger partial charge is 0.276 e. The molecule has 3 rings (SSSR count). The SMILES string of the molecule is C=C(C)Cn1ccn2nc(-c3ccccc3OCCCC)cc2c1=O. The van der Waals surface area contributed by atoms with Gasteiger partial charge in [0.15, 0.2) is 0 Å². The summed E-state index contributed by atoms with van der Waals surface area (Å²) in [6.45, 7) is 9.09. The highest BCUT2D eigenvalue weighted by atomic mass is 16.5. The first-order chi connectivity index (χ1) is 12.1. The summed E-state index contributed by atoms with van der Waals surface area (Å²) in [6.07, 6.45) is 5.62. The Balaban J connectivity index is 2.01. The van der Waals surface area contributed by atoms with Crippen LogP contribution in [-0.2, 0) is 6.54 Å². The molecule has 5 heteroatoms. The van der Waals surface area contributed by atoms with Gasteiger partial charge in [-0.1, -0.05) is 37.6 Å². The molecular formula is C20H23N3O2. The highest BCUT2D eigenvalue weighted by molar-refractivity contribution is 5.71. The summed E-state index contributed by atoms with van der Waals surface area (Å²) >= 11 is 0. The molecule has 0 aliphatic rings. The van der Waals surface area contributed by atoms with Crippen LogP contribution in [0.1, 0.15) is 26.7 Å². The minimum Gasteiger partial charge on any atom is -0.493 e. The molecule has 0 spiro atoms. The summed E-state index contributed by atoms with van der Waals surface area (Å²) in [5.41, 5.74) is 3.03. The second kappa shape index (κ2) is 7.38. The van der Waals surface area contributed by atoms with Gasteiger partial charge in [0, 0.05) is 24.5 Å². The molecule has 0 aliphatic heterocycles. The van der Waals surface area contributed by atoms with Crippen LogP contribution >= 0.6 is 0 Å². The van der Waals surface area contributed by atoms with E-state index < -0.39 is 0 Å². The number of fused-ring (bicyclic) bond motifs is 1. The highest BCUT2D eigenvalue weighted by Crippen LogP contribution is 2.29. The molecule has 25 heavy (non-hydrogen) atoms. The Labute approximate surface area is 147 Å². The Bertz CT molecular complexity index is 953. The largest absolute Gasteiger partial charge is 0.493 e. The lowest BCUT2D eigenvalue weighted by Crippen LogP contribution is -2.21. The lowest BCUT2D eigenvalue weighted by molar-refractivity contribution is 0.310. The molecule has 1 aromatic carbocycles. The Morgan fingerprint density at radius 3 is 2.84 bits per heavy atom. The van der Waals surface area contributed by atoms with Crippen molar-refractivity contribution in [3.05, 3.63) is 65.2 Å². The van der Waals surface area contributed by atoms with Crippen LogP contribution in [0.4, 0.5) is 0 Å². The molecule has 0 saturated carbocycles. The van der Waals surface area contributed by atoms with Gasteiger partial charge in [-0.15, -0.1) is 0 Å². The van der Waals surface area contributed by atoms with E-state index in [1.165, 1.54) is 0 Å². The van der Waals surface area contributed by atoms with Crippen LogP contribution in [0.3, 0.4) is 0 Å². The first kappa shape index (κ1) is 17.0. The van der Waals surface area contributed by atoms with Gasteiger partial charge in [-0.2, -0.15) is 5.10 Å². The number of ether oxygens (including phenoxy) is 1. The van der Waals surface area contributed by atoms with E-state index in [2.05, 4.69) is 18.6 Å². The number of aromatic nitrogens is 3. The Hall–Kier alpha value is -2.82. The molecule has 5 nitrogen and oxygen atoms in total. The van der Waals surface area contributed by atoms with Gasteiger partial charge < -0.3 is 9.30 Å². The van der Waals surface area contributed by atoms with Crippen LogP contribution < -0.4 is 10.3 Å². The van der Waals surface area contributed by atoms with Crippen LogP contribution in [0, 0.1) is 0 Å². The van der Waals surface area contributed by atoms with E-state index in [0.717, 1.165) is 35.4 Å². The Morgan fingerprint density at radius 2 is 2.08 bits per heavy atom. The van der Waals surface area contributed by atoms with Crippen molar-refractivity contribution < 1.29 is 4.74 Å². The minimum atomic E-state index is -0.0753. The number of nitrogens with zero attached hydrogens (tertiary/aromatic N) is 3. The summed E-state index contributed by atoms with van der Waals surface area (Å²) in [4.78, 5) is 12.6. The maximum absolute atomic E-state index is 12.6. The number of hydrogen-bond acceptors (Lipinski definition) is 3. The van der Waals surface area contributed by atoms with Crippen LogP contribution in [0.15, 0.2) is 59.7 Å². The zero-order valence-electron chi connectivity index (χ0n) is 14.7. The maximum atomic E-state index is 12.6. The number of para-hydroxylation sites is 1. The van der Waals surface area contributed by atoms with E-state index in [9.17, 15) is 4.79 Å². The summed E-state index contributed by atoms with van der Waals surface area (Å²) in [5.74, 6) is 0.793. The number of rotatable bonds is 7. The number of benzene rings is 1. The van der Waals surface area contributed by atoms with E-state index in [-0.39, 0.29) is 5.56 Å². The molecule has 2 aromatic heterocycles. The molecule has 0 N–H and O–H groups in total. The standard InChI is InChI=1S/C20H23N3O2/c1-4-5-12-25-19-9-7-6-8-16(19)17-13-18-20(24)22(14-15(2)3)10-11-23(18)21-17/h6-11,13H,2,4-5,12,14H2,1,3H3. The normalized spacial score (nSPS) is 11.0. The Morgan fingerprint density at radius 1 is 1.28 bits per heavy atom. The second-order valence-corrected chi connectivity index (χ2v) is 6.25. The van der Waals surface area contributed by atoms with E-state index in [4.69, 9.17) is 4.74 Å². The topological polar surface area (TPSA) is 48.5 Å². The van der Waals surface area contributed by atoms with Crippen molar-refractivity contribution in [2.75, 3.05) is 6.61 Å². The fraction of sp³-hybridized carbons (Fsp3) is 0.300. The van der Waals surface area contributed by atoms with E-state index >= 15 is 0 Å². The molecule has 0 aliphatic carbocycles. The van der Waals surface area contributed by atoms with Gasteiger partial charge in [-0.05, 0) is 31.5 Å². The van der Waals surface area contributed by atoms with E-state index in [1.807, 2.05) is 37.3 Å². The van der Waals surface area contributed by atoms with Crippen LogP contribution in [0.5, 0.6) is 5.75 Å². The van der Waals surface area contributed by atoms with Gasteiger partial charge >= 0.3 is 0 Å². The quantitative estimate of drug-likeness (QED) is 0.485. The summed E-state index contributed by atoms with van der Waals surface area (Å²) in [6, 6.07) is 9.62. The third kappa shape index (κ3) is 3.65. The third-order valence-corrected chi connectivity index (χ3v) is 3.96. The van der Waals surface area contributed by atoms with Crippen LogP contribution in [0.25, 0.3) is 16.8 Å². The molecule has 2 heterocycles. The molecule has 0 saturated heterocycles. The average Bonchev–Trinajstić information content (AvgIpc) is 3.03. The van der Waals surface area contributed by atoms with Gasteiger partial charge in [0.05, 0.1) is 12.3 Å². The summed E-state index contributed by atoms with van der Waals surface area (Å²) in [5, 5.41) is 4.55. The maximum Gasteiger partial charge on any atom is 0.276 e. The number of hydrogen-bond donors (Lipinski definition) is 0. The van der Waals surface area contributed by atoms with Gasteiger partial charge in [0.25, 0.3) is 5.56 Å². The molecule has 3 aromatic rings. The summed E-state index contributed by atoms with van der Waals surface area (Å²) in [7, 11) is 0. The van der Waals surface area contributed by atoms with Crippen molar-refractivity contribution in [3.8, 4) is 17.0 Å². The highest BCUT2D eigenvalue weighted by Gasteiger charge is 2.12. The fourth-order valence-electron chi connectivity index (χ4n) is 2.70. The molecule has 0 fully saturated rings. The lowest BCUT2D eigenvalue weighted by Gasteiger charge is -2.09. The first-order valence-electron chi connectivity index (χ1n) is 8.55. The van der Waals surface area contributed by atoms with Gasteiger partial charge in [0.1, 0.15) is 11.3 Å². The third-order valence-electron chi connectivity index (χ3n) is 3.96. The van der Waals surface area contributed by atoms with Gasteiger partial charge in [0.2, 0.25) is 0 Å². The molecular weight excluding hydrogens is 314 g/mol. The molecule has 0 radical (unpaired) electrons. The molecule has 0 unspecified atom stereocenters. The second-order valence-electron chi connectivity index (χ2n) is 6.25. The zero-order valence-corrected chi connectivity index (χ0v) is 14.7. The summed E-state index contributed by atoms with van der Waals surface area (Å²) < 4.78 is 9.16. The minimum absolute atomic E-state index is 0.0753. The van der Waals surface area contributed by atoms with E-state index in [1.54, 1.807) is 21.5 Å². The average molecular weight is 337 g/mol. The van der Waals surface area contributed by atoms with Crippen molar-refractivity contribution in [1.29, 1.82) is 0 Å². The predicted molar refractivity (Wildman–Crippen MR) is 100 cm³/mol. The molecule has 130 valence electrons. The van der Waals surface area contributed by atoms with Crippen molar-refractivity contribution in [3.63, 3.8) is 0 Å². The number of unbranched alkanes of at least 4 members (excludes halogenated alkanes) is 1. The van der Waals surface area contributed by atoms with Crippen molar-refractivity contribution in [2.45, 2.75) is 33.2 Å². The van der Waals surface area contributed by atoms with Crippen LogP contribution in [0.2, 0.25) is 0 Å². The van der Waals surface area contributed by atoms with Crippen LogP contribution in [-0.4, -0.2) is 20.8 Å². The van der Waals surface area contributed by atoms with Gasteiger partial charge in [-0.25, -0.2) is 4.52 Å². The first-order valence-corrected chi connectivity index (χ1v) is 8.55. The monoisotopic (exact) mass is 337 g/mol. The Kier molecular flexibility index (Phi) is 5.03. The number of allylic oxidation sites excluding steroid dienone is 1. The van der Waals surface area contributed by atoms with Gasteiger partial charge in [-0.3, -0.25) is 4.79 Å². The molecule has 0 atom stereocenters. The fourth-order valence-corrected chi connectivity index (χ4v) is 2.70. The predicted octanol–water partition coefficient (Wildman–Crippen LogP) is 3.92. The van der Waals surface area contributed by atoms with Crippen molar-refractivity contribution >= 4 is 5.52 Å².